The zero-order valence-electron chi connectivity index (χ0n) is 8.43. The third-order valence-electron chi connectivity index (χ3n) is 1.86. The molecule has 1 aromatic rings. The zero-order chi connectivity index (χ0) is 11.3. The van der Waals surface area contributed by atoms with Crippen molar-refractivity contribution in [1.29, 1.82) is 0 Å². The average Bonchev–Trinajstić information content (AvgIpc) is 2.20. The van der Waals surface area contributed by atoms with E-state index in [9.17, 15) is 4.79 Å². The Morgan fingerprint density at radius 1 is 1.47 bits per heavy atom. The topological polar surface area (TPSA) is 63.3 Å². The maximum atomic E-state index is 10.5. The van der Waals surface area contributed by atoms with Crippen molar-refractivity contribution in [3.63, 3.8) is 0 Å². The molecule has 0 amide bonds. The lowest BCUT2D eigenvalue weighted by Gasteiger charge is -1.99. The molecule has 0 saturated heterocycles. The lowest BCUT2D eigenvalue weighted by Crippen LogP contribution is -1.96. The maximum absolute atomic E-state index is 10.5. The molecule has 1 aromatic carbocycles. The van der Waals surface area contributed by atoms with Crippen molar-refractivity contribution in [1.82, 2.24) is 0 Å². The quantitative estimate of drug-likeness (QED) is 0.467. The van der Waals surface area contributed by atoms with Gasteiger partial charge in [0.2, 0.25) is 0 Å². The highest BCUT2D eigenvalue weighted by molar-refractivity contribution is 7.99. The second-order valence-corrected chi connectivity index (χ2v) is 4.17. The van der Waals surface area contributed by atoms with Crippen LogP contribution in [0.4, 0.5) is 5.69 Å². The maximum Gasteiger partial charge on any atom is 0.330 e. The van der Waals surface area contributed by atoms with Gasteiger partial charge in [-0.15, -0.1) is 11.8 Å². The summed E-state index contributed by atoms with van der Waals surface area (Å²) in [7, 11) is 0. The Hall–Kier alpha value is -1.42. The zero-order valence-corrected chi connectivity index (χ0v) is 9.25. The first kappa shape index (κ1) is 11.7. The van der Waals surface area contributed by atoms with Gasteiger partial charge in [-0.1, -0.05) is 6.08 Å². The second kappa shape index (κ2) is 5.46. The molecule has 0 unspecified atom stereocenters. The first-order valence-electron chi connectivity index (χ1n) is 4.48. The van der Waals surface area contributed by atoms with Crippen LogP contribution in [-0.4, -0.2) is 16.8 Å². The average molecular weight is 223 g/mol. The number of benzene rings is 1. The summed E-state index contributed by atoms with van der Waals surface area (Å²) in [6.07, 6.45) is 1.70. The van der Waals surface area contributed by atoms with Crippen LogP contribution in [0.2, 0.25) is 0 Å². The molecule has 0 aromatic heterocycles. The number of hydrogen-bond acceptors (Lipinski definition) is 3. The minimum Gasteiger partial charge on any atom is -0.478 e. The Morgan fingerprint density at radius 3 is 2.60 bits per heavy atom. The summed E-state index contributed by atoms with van der Waals surface area (Å²) in [6.45, 7) is 1.59. The third-order valence-corrected chi connectivity index (χ3v) is 2.80. The van der Waals surface area contributed by atoms with Crippen molar-refractivity contribution in [3.8, 4) is 0 Å². The number of carboxylic acids is 1. The van der Waals surface area contributed by atoms with Crippen LogP contribution in [0.25, 0.3) is 0 Å². The number of carboxylic acid groups (broad SMARTS) is 1. The summed E-state index contributed by atoms with van der Waals surface area (Å²) < 4.78 is 0. The fourth-order valence-electron chi connectivity index (χ4n) is 0.914. The number of rotatable bonds is 4. The summed E-state index contributed by atoms with van der Waals surface area (Å²) in [4.78, 5) is 11.6. The molecule has 3 nitrogen and oxygen atoms in total. The number of anilines is 1. The summed E-state index contributed by atoms with van der Waals surface area (Å²) >= 11 is 1.58. The Balaban J connectivity index is 2.48. The molecule has 3 N–H and O–H groups in total. The molecule has 1 rings (SSSR count). The molecular formula is C11H13NO2S. The Kier molecular flexibility index (Phi) is 4.24. The first-order chi connectivity index (χ1) is 7.09. The highest BCUT2D eigenvalue weighted by Crippen LogP contribution is 2.19. The predicted octanol–water partition coefficient (Wildman–Crippen LogP) is 2.39. The van der Waals surface area contributed by atoms with Gasteiger partial charge in [-0.3, -0.25) is 0 Å². The molecule has 0 aliphatic rings. The monoisotopic (exact) mass is 223 g/mol. The van der Waals surface area contributed by atoms with Gasteiger partial charge in [0.25, 0.3) is 0 Å². The molecule has 0 aliphatic carbocycles. The van der Waals surface area contributed by atoms with E-state index in [0.717, 1.165) is 10.6 Å². The van der Waals surface area contributed by atoms with E-state index in [4.69, 9.17) is 10.8 Å². The molecule has 0 spiro atoms. The van der Waals surface area contributed by atoms with Gasteiger partial charge in [-0.05, 0) is 31.2 Å². The van der Waals surface area contributed by atoms with Crippen molar-refractivity contribution in [2.45, 2.75) is 11.8 Å². The van der Waals surface area contributed by atoms with Gasteiger partial charge in [0, 0.05) is 21.9 Å². The standard InChI is InChI=1S/C11H13NO2S/c1-8(11(13)14)6-7-15-10-4-2-9(12)3-5-10/h2-6H,7,12H2,1H3,(H,13,14). The van der Waals surface area contributed by atoms with E-state index in [1.165, 1.54) is 0 Å². The molecule has 0 bridgehead atoms. The first-order valence-corrected chi connectivity index (χ1v) is 5.46. The highest BCUT2D eigenvalue weighted by Gasteiger charge is 1.98. The third kappa shape index (κ3) is 4.08. The number of carbonyl (C=O) groups is 1. The van der Waals surface area contributed by atoms with Crippen molar-refractivity contribution < 1.29 is 9.90 Å². The van der Waals surface area contributed by atoms with E-state index in [0.29, 0.717) is 11.3 Å². The minimum atomic E-state index is -0.868. The molecule has 0 fully saturated rings. The van der Waals surface area contributed by atoms with Crippen LogP contribution in [0.1, 0.15) is 6.92 Å². The predicted molar refractivity (Wildman–Crippen MR) is 63.0 cm³/mol. The molecule has 80 valence electrons. The summed E-state index contributed by atoms with van der Waals surface area (Å²) in [5.74, 6) is -0.213. The van der Waals surface area contributed by atoms with Gasteiger partial charge in [0.1, 0.15) is 0 Å². The fourth-order valence-corrected chi connectivity index (χ4v) is 1.77. The Morgan fingerprint density at radius 2 is 2.07 bits per heavy atom. The van der Waals surface area contributed by atoms with Crippen LogP contribution in [0, 0.1) is 0 Å². The molecule has 4 heteroatoms. The van der Waals surface area contributed by atoms with E-state index in [1.807, 2.05) is 24.3 Å². The summed E-state index contributed by atoms with van der Waals surface area (Å²) in [5, 5.41) is 8.62. The van der Waals surface area contributed by atoms with Crippen LogP contribution in [-0.2, 0) is 4.79 Å². The van der Waals surface area contributed by atoms with Crippen LogP contribution in [0.3, 0.4) is 0 Å². The lowest BCUT2D eigenvalue weighted by molar-refractivity contribution is -0.132. The number of hydrogen-bond donors (Lipinski definition) is 2. The SMILES string of the molecule is CC(=CCSc1ccc(N)cc1)C(=O)O. The molecule has 0 aliphatic heterocycles. The normalized spacial score (nSPS) is 11.4. The van der Waals surface area contributed by atoms with Gasteiger partial charge in [-0.2, -0.15) is 0 Å². The number of thioether (sulfide) groups is 1. The van der Waals surface area contributed by atoms with Crippen molar-refractivity contribution in [2.24, 2.45) is 0 Å². The van der Waals surface area contributed by atoms with Crippen LogP contribution in [0.5, 0.6) is 0 Å². The van der Waals surface area contributed by atoms with Crippen molar-refractivity contribution >= 4 is 23.4 Å². The smallest absolute Gasteiger partial charge is 0.330 e. The van der Waals surface area contributed by atoms with Crippen molar-refractivity contribution in [3.05, 3.63) is 35.9 Å². The van der Waals surface area contributed by atoms with Crippen LogP contribution < -0.4 is 5.73 Å². The van der Waals surface area contributed by atoms with E-state index >= 15 is 0 Å². The van der Waals surface area contributed by atoms with Gasteiger partial charge in [0.15, 0.2) is 0 Å². The second-order valence-electron chi connectivity index (χ2n) is 3.07. The number of nitrogens with two attached hydrogens (primary N) is 1. The van der Waals surface area contributed by atoms with Gasteiger partial charge in [0.05, 0.1) is 0 Å². The molecule has 0 heterocycles. The summed E-state index contributed by atoms with van der Waals surface area (Å²) in [5.41, 5.74) is 6.65. The molecule has 0 atom stereocenters. The van der Waals surface area contributed by atoms with Crippen LogP contribution >= 0.6 is 11.8 Å². The van der Waals surface area contributed by atoms with Gasteiger partial charge < -0.3 is 10.8 Å². The molecule has 15 heavy (non-hydrogen) atoms. The number of nitrogen functional groups attached to an aromatic ring is 1. The van der Waals surface area contributed by atoms with E-state index in [2.05, 4.69) is 0 Å². The minimum absolute atomic E-state index is 0.373. The van der Waals surface area contributed by atoms with E-state index < -0.39 is 5.97 Å². The van der Waals surface area contributed by atoms with E-state index in [1.54, 1.807) is 24.8 Å². The fraction of sp³-hybridized carbons (Fsp3) is 0.182. The molecule has 0 saturated carbocycles. The number of aliphatic carboxylic acids is 1. The Labute approximate surface area is 93.0 Å². The van der Waals surface area contributed by atoms with E-state index in [-0.39, 0.29) is 0 Å². The lowest BCUT2D eigenvalue weighted by atomic mass is 10.3. The Bertz CT molecular complexity index is 371. The highest BCUT2D eigenvalue weighted by atomic mass is 32.2. The molecule has 0 radical (unpaired) electrons. The largest absolute Gasteiger partial charge is 0.478 e. The van der Waals surface area contributed by atoms with Crippen molar-refractivity contribution in [2.75, 3.05) is 11.5 Å². The van der Waals surface area contributed by atoms with Gasteiger partial charge >= 0.3 is 5.97 Å². The van der Waals surface area contributed by atoms with Gasteiger partial charge in [-0.25, -0.2) is 4.79 Å². The van der Waals surface area contributed by atoms with Crippen LogP contribution in [0.15, 0.2) is 40.8 Å². The summed E-state index contributed by atoms with van der Waals surface area (Å²) in [6, 6.07) is 7.50. The molecular weight excluding hydrogens is 210 g/mol.